The van der Waals surface area contributed by atoms with Crippen molar-refractivity contribution in [2.45, 2.75) is 56.7 Å². The number of hydrogen-bond acceptors (Lipinski definition) is 7. The van der Waals surface area contributed by atoms with E-state index in [1.54, 1.807) is 24.0 Å². The summed E-state index contributed by atoms with van der Waals surface area (Å²) in [7, 11) is -4.41. The van der Waals surface area contributed by atoms with E-state index in [9.17, 15) is 18.3 Å². The molecule has 0 radical (unpaired) electrons. The minimum Gasteiger partial charge on any atom is -0.487 e. The first kappa shape index (κ1) is 27.4. The average Bonchev–Trinajstić information content (AvgIpc) is 3.53. The number of quaternary nitrogens is 1. The molecule has 206 valence electrons. The van der Waals surface area contributed by atoms with Crippen LogP contribution in [0.25, 0.3) is 5.70 Å². The lowest BCUT2D eigenvalue weighted by atomic mass is 9.94. The van der Waals surface area contributed by atoms with Crippen LogP contribution in [0.3, 0.4) is 0 Å². The lowest BCUT2D eigenvalue weighted by Gasteiger charge is -2.33. The number of carboxylic acid groups (broad SMARTS) is 1. The normalized spacial score (nSPS) is 22.1. The molecule has 0 bridgehead atoms. The summed E-state index contributed by atoms with van der Waals surface area (Å²) in [5.41, 5.74) is 2.17. The maximum Gasteiger partial charge on any atom is 0.529 e. The molecule has 1 unspecified atom stereocenters. The fourth-order valence-corrected chi connectivity index (χ4v) is 8.19. The maximum atomic E-state index is 13.8. The first-order valence-electron chi connectivity index (χ1n) is 12.3. The Morgan fingerprint density at radius 2 is 2.05 bits per heavy atom. The van der Waals surface area contributed by atoms with Gasteiger partial charge in [-0.3, -0.25) is 0 Å². The smallest absolute Gasteiger partial charge is 0.487 e. The van der Waals surface area contributed by atoms with Crippen molar-refractivity contribution in [2.24, 2.45) is 0 Å². The molecule has 5 rings (SSSR count). The van der Waals surface area contributed by atoms with E-state index >= 15 is 0 Å². The molecule has 2 aliphatic rings. The number of aromatic nitrogens is 3. The Balaban J connectivity index is 1.52. The van der Waals surface area contributed by atoms with Crippen LogP contribution < -0.4 is 10.1 Å². The molecule has 0 aliphatic carbocycles. The molecule has 0 saturated carbocycles. The largest absolute Gasteiger partial charge is 0.529 e. The van der Waals surface area contributed by atoms with Crippen LogP contribution in [-0.4, -0.2) is 56.4 Å². The zero-order valence-electron chi connectivity index (χ0n) is 21.6. The molecule has 2 N–H and O–H groups in total. The minimum absolute atomic E-state index is 0.0388. The average molecular weight is 594 g/mol. The van der Waals surface area contributed by atoms with Gasteiger partial charge >= 0.3 is 16.1 Å². The third-order valence-electron chi connectivity index (χ3n) is 7.29. The van der Waals surface area contributed by atoms with Crippen LogP contribution in [0.2, 0.25) is 10.0 Å². The van der Waals surface area contributed by atoms with Gasteiger partial charge in [0.1, 0.15) is 42.5 Å². The van der Waals surface area contributed by atoms with Crippen LogP contribution in [-0.2, 0) is 16.6 Å². The number of ether oxygens (including phenoxy) is 1. The molecule has 2 aromatic carbocycles. The van der Waals surface area contributed by atoms with Gasteiger partial charge in [-0.1, -0.05) is 35.3 Å². The van der Waals surface area contributed by atoms with E-state index < -0.39 is 31.6 Å². The maximum absolute atomic E-state index is 13.8. The number of amides is 1. The Hall–Kier alpha value is -3.12. The molecule has 1 saturated heterocycles. The van der Waals surface area contributed by atoms with Crippen molar-refractivity contribution >= 4 is 50.7 Å². The molecule has 1 aromatic heterocycles. The molecule has 39 heavy (non-hydrogen) atoms. The molecule has 13 heteroatoms. The molecule has 3 heterocycles. The minimum atomic E-state index is -4.41. The summed E-state index contributed by atoms with van der Waals surface area (Å²) in [6, 6.07) is 7.59. The van der Waals surface area contributed by atoms with Gasteiger partial charge in [-0.05, 0) is 45.0 Å². The van der Waals surface area contributed by atoms with Crippen LogP contribution in [0, 0.1) is 0 Å². The molecule has 2 atom stereocenters. The van der Waals surface area contributed by atoms with Gasteiger partial charge in [0.05, 0.1) is 21.9 Å². The van der Waals surface area contributed by atoms with Crippen LogP contribution in [0.4, 0.5) is 10.5 Å². The second kappa shape index (κ2) is 9.81. The van der Waals surface area contributed by atoms with Crippen LogP contribution in [0.1, 0.15) is 44.7 Å². The summed E-state index contributed by atoms with van der Waals surface area (Å²) < 4.78 is 34.3. The van der Waals surface area contributed by atoms with Crippen LogP contribution >= 0.6 is 23.2 Å². The number of fused-ring (bicyclic) bond motifs is 1. The molecule has 10 nitrogen and oxygen atoms in total. The van der Waals surface area contributed by atoms with Gasteiger partial charge in [-0.2, -0.15) is 18.3 Å². The predicted molar refractivity (Wildman–Crippen MR) is 147 cm³/mol. The van der Waals surface area contributed by atoms with Gasteiger partial charge < -0.3 is 15.2 Å². The lowest BCUT2D eigenvalue weighted by molar-refractivity contribution is -0.741. The number of carbonyl (C=O) groups is 1. The van der Waals surface area contributed by atoms with Gasteiger partial charge in [0.15, 0.2) is 0 Å². The number of rotatable bonds is 6. The van der Waals surface area contributed by atoms with Crippen molar-refractivity contribution in [1.29, 1.82) is 0 Å². The Labute approximate surface area is 236 Å². The second-order valence-electron chi connectivity index (χ2n) is 10.3. The fraction of sp³-hybridized carbons (Fsp3) is 0.346. The highest BCUT2D eigenvalue weighted by Crippen LogP contribution is 2.43. The van der Waals surface area contributed by atoms with E-state index in [0.29, 0.717) is 24.3 Å². The molecule has 1 fully saturated rings. The van der Waals surface area contributed by atoms with E-state index in [0.717, 1.165) is 11.3 Å². The van der Waals surface area contributed by atoms with Crippen molar-refractivity contribution in [1.82, 2.24) is 14.8 Å². The summed E-state index contributed by atoms with van der Waals surface area (Å²) >= 11 is 13.1. The molecule has 0 spiro atoms. The van der Waals surface area contributed by atoms with Crippen LogP contribution in [0.15, 0.2) is 54.0 Å². The standard InChI is InChI=1S/C26H27Cl2N5O5S/c1-16-6-5-11-33(16,25(34)35)39(36,37)22-10-9-19(27)18(23(22)28)13-38-21-8-4-7-17-20(32-15-29-14-30-32)12-26(2,3)31-24(17)21/h4,7-10,12,14-16,31H,5-6,11,13H2,1-3H3/p+1/t16-,33?/m1/s1. The predicted octanol–water partition coefficient (Wildman–Crippen LogP) is 5.62. The van der Waals surface area contributed by atoms with Crippen molar-refractivity contribution in [3.8, 4) is 5.75 Å². The number of likely N-dealkylation sites (tertiary alicyclic amines) is 1. The zero-order valence-corrected chi connectivity index (χ0v) is 23.9. The second-order valence-corrected chi connectivity index (χ2v) is 13.1. The van der Waals surface area contributed by atoms with E-state index in [-0.39, 0.29) is 33.7 Å². The van der Waals surface area contributed by atoms with E-state index in [4.69, 9.17) is 27.9 Å². The highest BCUT2D eigenvalue weighted by atomic mass is 35.5. The molecule has 1 amide bonds. The molecular formula is C26H28Cl2N5O5S+. The lowest BCUT2D eigenvalue weighted by Crippen LogP contribution is -2.58. The number of halogens is 2. The summed E-state index contributed by atoms with van der Waals surface area (Å²) in [5.74, 6) is 0.494. The van der Waals surface area contributed by atoms with Gasteiger partial charge in [-0.25, -0.2) is 9.67 Å². The van der Waals surface area contributed by atoms with Gasteiger partial charge in [-0.15, -0.1) is 3.89 Å². The number of hydrogen-bond donors (Lipinski definition) is 2. The fourth-order valence-electron chi connectivity index (χ4n) is 5.32. The quantitative estimate of drug-likeness (QED) is 0.353. The Kier molecular flexibility index (Phi) is 6.91. The Morgan fingerprint density at radius 3 is 2.69 bits per heavy atom. The molecule has 2 aliphatic heterocycles. The highest BCUT2D eigenvalue weighted by Gasteiger charge is 2.58. The van der Waals surface area contributed by atoms with Crippen molar-refractivity contribution < 1.29 is 26.9 Å². The Morgan fingerprint density at radius 1 is 1.28 bits per heavy atom. The third kappa shape index (κ3) is 4.47. The number of nitrogens with zero attached hydrogens (tertiary/aromatic N) is 4. The topological polar surface area (TPSA) is 123 Å². The summed E-state index contributed by atoms with van der Waals surface area (Å²) in [6.07, 6.45) is 4.63. The van der Waals surface area contributed by atoms with Gasteiger partial charge in [0.25, 0.3) is 0 Å². The van der Waals surface area contributed by atoms with Gasteiger partial charge in [0, 0.05) is 29.0 Å². The highest BCUT2D eigenvalue weighted by molar-refractivity contribution is 7.86. The first-order chi connectivity index (χ1) is 18.4. The van der Waals surface area contributed by atoms with E-state index in [1.807, 2.05) is 32.1 Å². The molecular weight excluding hydrogens is 565 g/mol. The summed E-state index contributed by atoms with van der Waals surface area (Å²) in [4.78, 5) is 16.1. The van der Waals surface area contributed by atoms with Crippen molar-refractivity contribution in [3.63, 3.8) is 0 Å². The Bertz CT molecular complexity index is 1590. The number of para-hydroxylation sites is 1. The first-order valence-corrected chi connectivity index (χ1v) is 14.5. The van der Waals surface area contributed by atoms with E-state index in [2.05, 4.69) is 15.4 Å². The number of benzene rings is 2. The van der Waals surface area contributed by atoms with E-state index in [1.165, 1.54) is 18.5 Å². The number of anilines is 1. The van der Waals surface area contributed by atoms with Crippen molar-refractivity contribution in [3.05, 3.63) is 70.2 Å². The number of sulfonamides is 1. The summed E-state index contributed by atoms with van der Waals surface area (Å²) in [5, 5.41) is 17.8. The SMILES string of the molecule is C[C@@H]1CCC[N+]1(C(=O)O)S(=O)(=O)c1ccc(Cl)c(COc2cccc3c2NC(C)(C)C=C3n2cncn2)c1Cl. The number of nitrogens with one attached hydrogen (secondary N) is 1. The monoisotopic (exact) mass is 592 g/mol. The third-order valence-corrected chi connectivity index (χ3v) is 10.6. The van der Waals surface area contributed by atoms with Gasteiger partial charge in [0.2, 0.25) is 0 Å². The van der Waals surface area contributed by atoms with Crippen LogP contribution in [0.5, 0.6) is 5.75 Å². The summed E-state index contributed by atoms with van der Waals surface area (Å²) in [6.45, 7) is 5.45. The molecule has 3 aromatic rings. The van der Waals surface area contributed by atoms with Crippen molar-refractivity contribution in [2.75, 3.05) is 11.9 Å². The zero-order chi connectivity index (χ0) is 28.2.